The fourth-order valence-corrected chi connectivity index (χ4v) is 4.44. The first-order chi connectivity index (χ1) is 14.8. The molecule has 0 aliphatic heterocycles. The SMILES string of the molecule is O=C(NCCNc1ccc([N+](=O)[O-])cc1)c1cccc(S(=O)(=O)NCc2cccs2)c1. The largest absolute Gasteiger partial charge is 0.383 e. The number of nitrogens with zero attached hydrogens (tertiary/aromatic N) is 1. The van der Waals surface area contributed by atoms with Crippen LogP contribution in [0.1, 0.15) is 15.2 Å². The number of carbonyl (C=O) groups is 1. The van der Waals surface area contributed by atoms with Crippen LogP contribution in [0, 0.1) is 10.1 Å². The van der Waals surface area contributed by atoms with Gasteiger partial charge in [-0.25, -0.2) is 13.1 Å². The van der Waals surface area contributed by atoms with Crippen LogP contribution in [0.15, 0.2) is 70.9 Å². The van der Waals surface area contributed by atoms with E-state index in [9.17, 15) is 23.3 Å². The van der Waals surface area contributed by atoms with Gasteiger partial charge < -0.3 is 10.6 Å². The number of anilines is 1. The van der Waals surface area contributed by atoms with Gasteiger partial charge in [-0.3, -0.25) is 14.9 Å². The highest BCUT2D eigenvalue weighted by Gasteiger charge is 2.16. The van der Waals surface area contributed by atoms with Crippen molar-refractivity contribution in [1.82, 2.24) is 10.0 Å². The van der Waals surface area contributed by atoms with Crippen molar-refractivity contribution in [2.24, 2.45) is 0 Å². The van der Waals surface area contributed by atoms with Gasteiger partial charge in [0.05, 0.1) is 9.82 Å². The maximum Gasteiger partial charge on any atom is 0.269 e. The number of carbonyl (C=O) groups excluding carboxylic acids is 1. The Morgan fingerprint density at radius 3 is 2.48 bits per heavy atom. The monoisotopic (exact) mass is 460 g/mol. The zero-order valence-electron chi connectivity index (χ0n) is 16.3. The molecule has 0 bridgehead atoms. The number of nitrogens with one attached hydrogen (secondary N) is 3. The number of benzene rings is 2. The van der Waals surface area contributed by atoms with E-state index in [-0.39, 0.29) is 29.2 Å². The summed E-state index contributed by atoms with van der Waals surface area (Å²) in [6, 6.07) is 15.4. The number of rotatable bonds is 10. The highest BCUT2D eigenvalue weighted by Crippen LogP contribution is 2.15. The summed E-state index contributed by atoms with van der Waals surface area (Å²) in [6.07, 6.45) is 0. The van der Waals surface area contributed by atoms with E-state index in [1.54, 1.807) is 12.1 Å². The number of sulfonamides is 1. The third-order valence-corrected chi connectivity index (χ3v) is 6.52. The van der Waals surface area contributed by atoms with Gasteiger partial charge in [-0.15, -0.1) is 11.3 Å². The molecular weight excluding hydrogens is 440 g/mol. The lowest BCUT2D eigenvalue weighted by molar-refractivity contribution is -0.384. The van der Waals surface area contributed by atoms with E-state index in [4.69, 9.17) is 0 Å². The third kappa shape index (κ3) is 6.35. The topological polar surface area (TPSA) is 130 Å². The van der Waals surface area contributed by atoms with E-state index in [1.165, 1.54) is 47.7 Å². The Bertz CT molecular complexity index is 1150. The maximum absolute atomic E-state index is 12.5. The Hall–Kier alpha value is -3.28. The Morgan fingerprint density at radius 1 is 1.03 bits per heavy atom. The Kier molecular flexibility index (Phi) is 7.34. The number of nitro groups is 1. The smallest absolute Gasteiger partial charge is 0.269 e. The summed E-state index contributed by atoms with van der Waals surface area (Å²) in [7, 11) is -3.75. The summed E-state index contributed by atoms with van der Waals surface area (Å²) in [6.45, 7) is 0.859. The number of hydrogen-bond acceptors (Lipinski definition) is 7. The summed E-state index contributed by atoms with van der Waals surface area (Å²) in [5.41, 5.74) is 0.914. The summed E-state index contributed by atoms with van der Waals surface area (Å²) >= 11 is 1.45. The highest BCUT2D eigenvalue weighted by molar-refractivity contribution is 7.89. The molecule has 0 atom stereocenters. The predicted molar refractivity (Wildman–Crippen MR) is 119 cm³/mol. The van der Waals surface area contributed by atoms with Crippen LogP contribution in [0.5, 0.6) is 0 Å². The second-order valence-electron chi connectivity index (χ2n) is 6.42. The number of nitro benzene ring substituents is 1. The average Bonchev–Trinajstić information content (AvgIpc) is 3.29. The average molecular weight is 461 g/mol. The molecule has 11 heteroatoms. The first-order valence-corrected chi connectivity index (χ1v) is 11.6. The quantitative estimate of drug-likeness (QED) is 0.242. The molecule has 0 fully saturated rings. The van der Waals surface area contributed by atoms with Gasteiger partial charge in [0.2, 0.25) is 10.0 Å². The molecule has 3 aromatic rings. The molecule has 0 unspecified atom stereocenters. The number of thiophene rings is 1. The number of non-ortho nitro benzene ring substituents is 1. The van der Waals surface area contributed by atoms with Crippen LogP contribution in [0.25, 0.3) is 0 Å². The summed E-state index contributed by atoms with van der Waals surface area (Å²) < 4.78 is 27.5. The van der Waals surface area contributed by atoms with Gasteiger partial charge in [0.15, 0.2) is 0 Å². The lowest BCUT2D eigenvalue weighted by atomic mass is 10.2. The normalized spacial score (nSPS) is 11.1. The van der Waals surface area contributed by atoms with Crippen LogP contribution in [-0.2, 0) is 16.6 Å². The minimum absolute atomic E-state index is 0.00133. The molecule has 0 spiro atoms. The van der Waals surface area contributed by atoms with Gasteiger partial charge in [0.25, 0.3) is 11.6 Å². The molecule has 1 amide bonds. The summed E-state index contributed by atoms with van der Waals surface area (Å²) in [4.78, 5) is 23.5. The molecule has 3 N–H and O–H groups in total. The second-order valence-corrected chi connectivity index (χ2v) is 9.22. The fourth-order valence-electron chi connectivity index (χ4n) is 2.65. The number of hydrogen-bond donors (Lipinski definition) is 3. The van der Waals surface area contributed by atoms with Crippen molar-refractivity contribution >= 4 is 38.6 Å². The lowest BCUT2D eigenvalue weighted by Crippen LogP contribution is -2.29. The van der Waals surface area contributed by atoms with Crippen LogP contribution in [0.3, 0.4) is 0 Å². The van der Waals surface area contributed by atoms with Crippen molar-refractivity contribution in [2.75, 3.05) is 18.4 Å². The van der Waals surface area contributed by atoms with Gasteiger partial charge >= 0.3 is 0 Å². The molecule has 31 heavy (non-hydrogen) atoms. The molecule has 0 saturated heterocycles. The molecule has 0 aliphatic carbocycles. The van der Waals surface area contributed by atoms with Crippen molar-refractivity contribution in [3.63, 3.8) is 0 Å². The zero-order chi connectivity index (χ0) is 22.3. The molecule has 2 aromatic carbocycles. The maximum atomic E-state index is 12.5. The van der Waals surface area contributed by atoms with Crippen LogP contribution in [-0.4, -0.2) is 32.3 Å². The van der Waals surface area contributed by atoms with Crippen molar-refractivity contribution in [2.45, 2.75) is 11.4 Å². The van der Waals surface area contributed by atoms with Gasteiger partial charge in [0, 0.05) is 47.9 Å². The van der Waals surface area contributed by atoms with Gasteiger partial charge in [-0.05, 0) is 41.8 Å². The molecule has 0 aliphatic rings. The van der Waals surface area contributed by atoms with E-state index in [1.807, 2.05) is 17.5 Å². The van der Waals surface area contributed by atoms with Crippen molar-refractivity contribution in [3.05, 3.63) is 86.6 Å². The van der Waals surface area contributed by atoms with E-state index < -0.39 is 20.9 Å². The molecule has 9 nitrogen and oxygen atoms in total. The Balaban J connectivity index is 1.51. The first kappa shape index (κ1) is 22.4. The van der Waals surface area contributed by atoms with Crippen molar-refractivity contribution in [1.29, 1.82) is 0 Å². The molecule has 162 valence electrons. The minimum Gasteiger partial charge on any atom is -0.383 e. The van der Waals surface area contributed by atoms with E-state index >= 15 is 0 Å². The zero-order valence-corrected chi connectivity index (χ0v) is 17.9. The van der Waals surface area contributed by atoms with Crippen molar-refractivity contribution < 1.29 is 18.1 Å². The number of amides is 1. The molecular formula is C20H20N4O5S2. The Morgan fingerprint density at radius 2 is 1.81 bits per heavy atom. The minimum atomic E-state index is -3.75. The summed E-state index contributed by atoms with van der Waals surface area (Å²) in [5.74, 6) is -0.402. The van der Waals surface area contributed by atoms with Crippen LogP contribution in [0.2, 0.25) is 0 Å². The van der Waals surface area contributed by atoms with Crippen LogP contribution < -0.4 is 15.4 Å². The molecule has 1 aromatic heterocycles. The van der Waals surface area contributed by atoms with E-state index in [0.717, 1.165) is 4.88 Å². The first-order valence-electron chi connectivity index (χ1n) is 9.24. The molecule has 3 rings (SSSR count). The molecule has 0 radical (unpaired) electrons. The van der Waals surface area contributed by atoms with Crippen molar-refractivity contribution in [3.8, 4) is 0 Å². The second kappa shape index (κ2) is 10.2. The van der Waals surface area contributed by atoms with Gasteiger partial charge in [-0.1, -0.05) is 12.1 Å². The van der Waals surface area contributed by atoms with E-state index in [0.29, 0.717) is 12.2 Å². The van der Waals surface area contributed by atoms with E-state index in [2.05, 4.69) is 15.4 Å². The lowest BCUT2D eigenvalue weighted by Gasteiger charge is -2.10. The fraction of sp³-hybridized carbons (Fsp3) is 0.150. The van der Waals surface area contributed by atoms with Crippen LogP contribution >= 0.6 is 11.3 Å². The molecule has 1 heterocycles. The predicted octanol–water partition coefficient (Wildman–Crippen LogP) is 2.98. The molecule has 0 saturated carbocycles. The third-order valence-electron chi connectivity index (χ3n) is 4.24. The highest BCUT2D eigenvalue weighted by atomic mass is 32.2. The standard InChI is InChI=1S/C20H20N4O5S2/c25-20(22-11-10-21-16-6-8-17(9-7-16)24(26)27)15-3-1-5-19(13-15)31(28,29)23-14-18-4-2-12-30-18/h1-9,12-13,21,23H,10-11,14H2,(H,22,25). The van der Waals surface area contributed by atoms with Gasteiger partial charge in [0.1, 0.15) is 0 Å². The van der Waals surface area contributed by atoms with Crippen LogP contribution in [0.4, 0.5) is 11.4 Å². The summed E-state index contributed by atoms with van der Waals surface area (Å²) in [5, 5.41) is 18.3. The van der Waals surface area contributed by atoms with Gasteiger partial charge in [-0.2, -0.15) is 0 Å². The Labute approximate surface area is 183 Å².